The minimum atomic E-state index is 0.302. The van der Waals surface area contributed by atoms with Crippen LogP contribution in [0.5, 0.6) is 0 Å². The van der Waals surface area contributed by atoms with Crippen molar-refractivity contribution in [1.82, 2.24) is 0 Å². The maximum atomic E-state index is 11.0. The van der Waals surface area contributed by atoms with Gasteiger partial charge in [-0.05, 0) is 13.3 Å². The molecule has 16 heavy (non-hydrogen) atoms. The van der Waals surface area contributed by atoms with Crippen molar-refractivity contribution in [3.63, 3.8) is 0 Å². The van der Waals surface area contributed by atoms with Crippen LogP contribution < -0.4 is 0 Å². The van der Waals surface area contributed by atoms with Gasteiger partial charge in [0.2, 0.25) is 0 Å². The molecule has 0 saturated heterocycles. The maximum Gasteiger partial charge on any atom is 0.132 e. The minimum Gasteiger partial charge on any atom is -0.379 e. The van der Waals surface area contributed by atoms with Gasteiger partial charge in [-0.2, -0.15) is 0 Å². The van der Waals surface area contributed by atoms with Crippen LogP contribution in [-0.4, -0.2) is 45.4 Å². The second-order valence-corrected chi connectivity index (χ2v) is 3.42. The van der Waals surface area contributed by atoms with Crippen molar-refractivity contribution >= 4 is 5.78 Å². The van der Waals surface area contributed by atoms with Crippen molar-refractivity contribution in [2.45, 2.75) is 33.1 Å². The van der Waals surface area contributed by atoms with E-state index in [0.29, 0.717) is 51.7 Å². The highest BCUT2D eigenvalue weighted by molar-refractivity contribution is 5.77. The SMILES string of the molecule is CCOCCOCCOCCCC(=O)CC. The van der Waals surface area contributed by atoms with Crippen LogP contribution in [0.15, 0.2) is 0 Å². The zero-order valence-electron chi connectivity index (χ0n) is 10.5. The number of Topliss-reactive ketones (excluding diaryl/α,β-unsaturated/α-hetero) is 1. The van der Waals surface area contributed by atoms with Crippen molar-refractivity contribution in [2.24, 2.45) is 0 Å². The molecule has 0 amide bonds. The second kappa shape index (κ2) is 12.6. The number of ketones is 1. The van der Waals surface area contributed by atoms with E-state index in [9.17, 15) is 4.79 Å². The summed E-state index contributed by atoms with van der Waals surface area (Å²) < 4.78 is 15.7. The van der Waals surface area contributed by atoms with Crippen LogP contribution in [0.25, 0.3) is 0 Å². The molecule has 4 nitrogen and oxygen atoms in total. The van der Waals surface area contributed by atoms with Gasteiger partial charge in [-0.25, -0.2) is 0 Å². The number of hydrogen-bond acceptors (Lipinski definition) is 4. The van der Waals surface area contributed by atoms with Gasteiger partial charge >= 0.3 is 0 Å². The first kappa shape index (κ1) is 15.6. The Hall–Kier alpha value is -0.450. The summed E-state index contributed by atoms with van der Waals surface area (Å²) in [6.07, 6.45) is 2.06. The molecule has 0 aliphatic heterocycles. The van der Waals surface area contributed by atoms with E-state index in [2.05, 4.69) is 0 Å². The summed E-state index contributed by atoms with van der Waals surface area (Å²) in [6.45, 7) is 7.65. The average Bonchev–Trinajstić information content (AvgIpc) is 2.31. The van der Waals surface area contributed by atoms with E-state index >= 15 is 0 Å². The molecule has 0 fully saturated rings. The Bertz CT molecular complexity index is 159. The highest BCUT2D eigenvalue weighted by Gasteiger charge is 1.97. The molecule has 0 rings (SSSR count). The smallest absolute Gasteiger partial charge is 0.132 e. The lowest BCUT2D eigenvalue weighted by molar-refractivity contribution is -0.119. The molecule has 0 aromatic rings. The molecule has 0 heterocycles. The fourth-order valence-corrected chi connectivity index (χ4v) is 1.13. The molecule has 0 aliphatic rings. The van der Waals surface area contributed by atoms with E-state index in [0.717, 1.165) is 13.0 Å². The molecule has 4 heteroatoms. The third-order valence-corrected chi connectivity index (χ3v) is 2.09. The number of carbonyl (C=O) groups excluding carboxylic acids is 1. The fraction of sp³-hybridized carbons (Fsp3) is 0.917. The summed E-state index contributed by atoms with van der Waals surface area (Å²) in [5.41, 5.74) is 0. The first-order valence-electron chi connectivity index (χ1n) is 6.06. The van der Waals surface area contributed by atoms with Crippen LogP contribution in [0.4, 0.5) is 0 Å². The molecule has 0 unspecified atom stereocenters. The van der Waals surface area contributed by atoms with Gasteiger partial charge in [0.15, 0.2) is 0 Å². The molecular weight excluding hydrogens is 208 g/mol. The monoisotopic (exact) mass is 232 g/mol. The van der Waals surface area contributed by atoms with Gasteiger partial charge in [0.25, 0.3) is 0 Å². The highest BCUT2D eigenvalue weighted by atomic mass is 16.5. The van der Waals surface area contributed by atoms with Crippen molar-refractivity contribution in [3.8, 4) is 0 Å². The number of carbonyl (C=O) groups is 1. The van der Waals surface area contributed by atoms with Crippen molar-refractivity contribution in [3.05, 3.63) is 0 Å². The Morgan fingerprint density at radius 2 is 1.44 bits per heavy atom. The zero-order valence-corrected chi connectivity index (χ0v) is 10.5. The Morgan fingerprint density at radius 1 is 0.875 bits per heavy atom. The number of ether oxygens (including phenoxy) is 3. The number of rotatable bonds is 12. The van der Waals surface area contributed by atoms with Crippen molar-refractivity contribution in [1.29, 1.82) is 0 Å². The molecule has 0 aliphatic carbocycles. The van der Waals surface area contributed by atoms with Gasteiger partial charge in [0.05, 0.1) is 26.4 Å². The van der Waals surface area contributed by atoms with Crippen molar-refractivity contribution in [2.75, 3.05) is 39.6 Å². The summed E-state index contributed by atoms with van der Waals surface area (Å²) in [4.78, 5) is 11.0. The van der Waals surface area contributed by atoms with Crippen LogP contribution in [0.3, 0.4) is 0 Å². The molecule has 0 spiro atoms. The lowest BCUT2D eigenvalue weighted by Gasteiger charge is -2.05. The zero-order chi connectivity index (χ0) is 12.1. The normalized spacial score (nSPS) is 10.6. The van der Waals surface area contributed by atoms with E-state index in [1.54, 1.807) is 0 Å². The molecule has 0 radical (unpaired) electrons. The van der Waals surface area contributed by atoms with Gasteiger partial charge < -0.3 is 14.2 Å². The summed E-state index contributed by atoms with van der Waals surface area (Å²) in [5, 5.41) is 0. The summed E-state index contributed by atoms with van der Waals surface area (Å²) in [7, 11) is 0. The van der Waals surface area contributed by atoms with E-state index in [1.165, 1.54) is 0 Å². The van der Waals surface area contributed by atoms with E-state index in [4.69, 9.17) is 14.2 Å². The Kier molecular flexibility index (Phi) is 12.3. The van der Waals surface area contributed by atoms with Crippen LogP contribution in [0, 0.1) is 0 Å². The maximum absolute atomic E-state index is 11.0. The lowest BCUT2D eigenvalue weighted by Crippen LogP contribution is -2.10. The third-order valence-electron chi connectivity index (χ3n) is 2.09. The van der Waals surface area contributed by atoms with Gasteiger partial charge in [0.1, 0.15) is 5.78 Å². The third kappa shape index (κ3) is 11.6. The average molecular weight is 232 g/mol. The Balaban J connectivity index is 2.96. The summed E-state index contributed by atoms with van der Waals surface area (Å²) in [6, 6.07) is 0. The fourth-order valence-electron chi connectivity index (χ4n) is 1.13. The summed E-state index contributed by atoms with van der Waals surface area (Å²) >= 11 is 0. The van der Waals surface area contributed by atoms with Crippen LogP contribution >= 0.6 is 0 Å². The van der Waals surface area contributed by atoms with Crippen LogP contribution in [0.1, 0.15) is 33.1 Å². The largest absolute Gasteiger partial charge is 0.379 e. The predicted octanol–water partition coefficient (Wildman–Crippen LogP) is 1.82. The first-order chi connectivity index (χ1) is 7.81. The standard InChI is InChI=1S/C12H24O4/c1-3-12(13)6-5-7-15-10-11-16-9-8-14-4-2/h3-11H2,1-2H3. The van der Waals surface area contributed by atoms with Gasteiger partial charge in [0, 0.05) is 26.1 Å². The quantitative estimate of drug-likeness (QED) is 0.481. The molecule has 96 valence electrons. The molecule has 0 N–H and O–H groups in total. The van der Waals surface area contributed by atoms with Crippen LogP contribution in [-0.2, 0) is 19.0 Å². The number of hydrogen-bond donors (Lipinski definition) is 0. The second-order valence-electron chi connectivity index (χ2n) is 3.42. The van der Waals surface area contributed by atoms with E-state index in [-0.39, 0.29) is 0 Å². The minimum absolute atomic E-state index is 0.302. The summed E-state index contributed by atoms with van der Waals surface area (Å²) in [5.74, 6) is 0.302. The van der Waals surface area contributed by atoms with Crippen LogP contribution in [0.2, 0.25) is 0 Å². The Labute approximate surface area is 98.3 Å². The lowest BCUT2D eigenvalue weighted by atomic mass is 10.2. The predicted molar refractivity (Wildman–Crippen MR) is 62.7 cm³/mol. The molecular formula is C12H24O4. The van der Waals surface area contributed by atoms with Gasteiger partial charge in [-0.3, -0.25) is 4.79 Å². The molecule has 0 bridgehead atoms. The molecule has 0 aromatic carbocycles. The molecule has 0 saturated carbocycles. The van der Waals surface area contributed by atoms with E-state index in [1.807, 2.05) is 13.8 Å². The Morgan fingerprint density at radius 3 is 2.00 bits per heavy atom. The van der Waals surface area contributed by atoms with E-state index < -0.39 is 0 Å². The van der Waals surface area contributed by atoms with Crippen molar-refractivity contribution < 1.29 is 19.0 Å². The first-order valence-corrected chi connectivity index (χ1v) is 6.06. The topological polar surface area (TPSA) is 44.8 Å². The highest BCUT2D eigenvalue weighted by Crippen LogP contribution is 1.95. The molecule has 0 atom stereocenters. The van der Waals surface area contributed by atoms with Gasteiger partial charge in [-0.15, -0.1) is 0 Å². The molecule has 0 aromatic heterocycles. The van der Waals surface area contributed by atoms with Gasteiger partial charge in [-0.1, -0.05) is 6.92 Å².